The molecular formula is C25H29NO6. The van der Waals surface area contributed by atoms with Crippen LogP contribution in [0.1, 0.15) is 47.7 Å². The molecule has 4 rings (SSSR count). The second-order valence-electron chi connectivity index (χ2n) is 8.15. The van der Waals surface area contributed by atoms with Crippen LogP contribution in [0.2, 0.25) is 0 Å². The van der Waals surface area contributed by atoms with E-state index in [1.807, 2.05) is 0 Å². The molecule has 0 radical (unpaired) electrons. The van der Waals surface area contributed by atoms with Crippen molar-refractivity contribution in [2.75, 3.05) is 27.9 Å². The molecule has 0 aromatic heterocycles. The van der Waals surface area contributed by atoms with E-state index in [1.54, 1.807) is 30.3 Å². The number of ether oxygens (including phenoxy) is 4. The quantitative estimate of drug-likeness (QED) is 0.668. The molecule has 2 aromatic carbocycles. The van der Waals surface area contributed by atoms with Gasteiger partial charge in [0.1, 0.15) is 11.5 Å². The minimum absolute atomic E-state index is 0.142. The van der Waals surface area contributed by atoms with Gasteiger partial charge in [-0.2, -0.15) is 0 Å². The fourth-order valence-corrected chi connectivity index (χ4v) is 4.38. The van der Waals surface area contributed by atoms with E-state index in [4.69, 9.17) is 18.9 Å². The van der Waals surface area contributed by atoms with Crippen molar-refractivity contribution in [1.29, 1.82) is 0 Å². The third kappa shape index (κ3) is 4.00. The number of carbonyl (C=O) groups excluding carboxylic acids is 1. The first-order chi connectivity index (χ1) is 15.5. The molecule has 2 heterocycles. The maximum Gasteiger partial charge on any atom is 0.231 e. The molecule has 1 atom stereocenters. The first-order valence-electron chi connectivity index (χ1n) is 10.8. The van der Waals surface area contributed by atoms with Gasteiger partial charge >= 0.3 is 0 Å². The first-order valence-corrected chi connectivity index (χ1v) is 10.8. The summed E-state index contributed by atoms with van der Waals surface area (Å²) >= 11 is 0. The molecule has 2 aliphatic rings. The Morgan fingerprint density at radius 1 is 1.12 bits per heavy atom. The van der Waals surface area contributed by atoms with Crippen LogP contribution in [0.25, 0.3) is 6.08 Å². The third-order valence-corrected chi connectivity index (χ3v) is 6.20. The van der Waals surface area contributed by atoms with Gasteiger partial charge < -0.3 is 24.1 Å². The number of carbonyl (C=O) groups is 1. The van der Waals surface area contributed by atoms with Gasteiger partial charge in [-0.3, -0.25) is 9.69 Å². The Balaban J connectivity index is 1.68. The van der Waals surface area contributed by atoms with E-state index in [-0.39, 0.29) is 17.3 Å². The Kier molecular flexibility index (Phi) is 6.28. The van der Waals surface area contributed by atoms with Crippen molar-refractivity contribution >= 4 is 11.9 Å². The van der Waals surface area contributed by atoms with Crippen LogP contribution in [-0.4, -0.2) is 49.7 Å². The van der Waals surface area contributed by atoms with E-state index in [1.165, 1.54) is 27.8 Å². The van der Waals surface area contributed by atoms with E-state index >= 15 is 0 Å². The number of ketones is 1. The van der Waals surface area contributed by atoms with Crippen molar-refractivity contribution in [2.45, 2.75) is 38.8 Å². The number of hydrogen-bond acceptors (Lipinski definition) is 7. The zero-order valence-electron chi connectivity index (χ0n) is 18.9. The highest BCUT2D eigenvalue weighted by molar-refractivity contribution is 6.15. The molecule has 0 spiro atoms. The van der Waals surface area contributed by atoms with Crippen molar-refractivity contribution in [2.24, 2.45) is 0 Å². The summed E-state index contributed by atoms with van der Waals surface area (Å²) in [6.07, 6.45) is 5.12. The van der Waals surface area contributed by atoms with Crippen LogP contribution in [0.5, 0.6) is 28.7 Å². The topological polar surface area (TPSA) is 77.5 Å². The SMILES string of the molecule is COc1cc(/C=C2/Oc3c(ccc(O)c3CN3CCCC[C@@H]3C)C2=O)cc(OC)c1OC. The molecule has 2 aliphatic heterocycles. The molecule has 0 saturated carbocycles. The Morgan fingerprint density at radius 3 is 2.47 bits per heavy atom. The van der Waals surface area contributed by atoms with Gasteiger partial charge in [-0.05, 0) is 62.2 Å². The summed E-state index contributed by atoms with van der Waals surface area (Å²) in [7, 11) is 4.62. The number of piperidine rings is 1. The van der Waals surface area contributed by atoms with E-state index in [9.17, 15) is 9.90 Å². The summed E-state index contributed by atoms with van der Waals surface area (Å²) in [5, 5.41) is 10.6. The molecule has 0 amide bonds. The molecular weight excluding hydrogens is 410 g/mol. The molecule has 0 aliphatic carbocycles. The summed E-state index contributed by atoms with van der Waals surface area (Å²) in [6, 6.07) is 7.12. The van der Waals surface area contributed by atoms with Gasteiger partial charge in [0.2, 0.25) is 11.5 Å². The zero-order valence-corrected chi connectivity index (χ0v) is 18.9. The van der Waals surface area contributed by atoms with Gasteiger partial charge in [-0.25, -0.2) is 0 Å². The molecule has 1 fully saturated rings. The number of hydrogen-bond donors (Lipinski definition) is 1. The fraction of sp³-hybridized carbons (Fsp3) is 0.400. The number of benzene rings is 2. The summed E-state index contributed by atoms with van der Waals surface area (Å²) in [4.78, 5) is 15.4. The predicted molar refractivity (Wildman–Crippen MR) is 121 cm³/mol. The molecule has 7 nitrogen and oxygen atoms in total. The normalized spacial score (nSPS) is 19.6. The maximum atomic E-state index is 13.1. The fourth-order valence-electron chi connectivity index (χ4n) is 4.38. The van der Waals surface area contributed by atoms with E-state index in [0.717, 1.165) is 19.4 Å². The lowest BCUT2D eigenvalue weighted by atomic mass is 10.0. The van der Waals surface area contributed by atoms with Crippen molar-refractivity contribution in [1.82, 2.24) is 4.90 Å². The second kappa shape index (κ2) is 9.12. The lowest BCUT2D eigenvalue weighted by molar-refractivity contribution is 0.101. The highest BCUT2D eigenvalue weighted by Crippen LogP contribution is 2.42. The number of phenols is 1. The molecule has 0 bridgehead atoms. The number of phenolic OH excluding ortho intramolecular Hbond substituents is 1. The number of likely N-dealkylation sites (tertiary alicyclic amines) is 1. The summed E-state index contributed by atoms with van der Waals surface area (Å²) in [5.74, 6) is 1.99. The zero-order chi connectivity index (χ0) is 22.8. The number of rotatable bonds is 6. The summed E-state index contributed by atoms with van der Waals surface area (Å²) in [5.41, 5.74) is 1.78. The first kappa shape index (κ1) is 22.0. The van der Waals surface area contributed by atoms with Crippen molar-refractivity contribution in [3.05, 3.63) is 46.7 Å². The van der Waals surface area contributed by atoms with Crippen LogP contribution in [-0.2, 0) is 6.54 Å². The summed E-state index contributed by atoms with van der Waals surface area (Å²) in [6.45, 7) is 3.70. The molecule has 1 saturated heterocycles. The molecule has 1 N–H and O–H groups in total. The number of nitrogens with zero attached hydrogens (tertiary/aromatic N) is 1. The number of Topliss-reactive ketones (excluding diaryl/α,β-unsaturated/α-hetero) is 1. The smallest absolute Gasteiger partial charge is 0.231 e. The maximum absolute atomic E-state index is 13.1. The molecule has 32 heavy (non-hydrogen) atoms. The Morgan fingerprint density at radius 2 is 1.84 bits per heavy atom. The number of allylic oxidation sites excluding steroid dienone is 1. The van der Waals surface area contributed by atoms with E-state index < -0.39 is 0 Å². The van der Waals surface area contributed by atoms with Crippen LogP contribution in [0.15, 0.2) is 30.0 Å². The Hall–Kier alpha value is -3.19. The Labute approximate surface area is 188 Å². The van der Waals surface area contributed by atoms with E-state index in [2.05, 4.69) is 11.8 Å². The van der Waals surface area contributed by atoms with Crippen LogP contribution in [0, 0.1) is 0 Å². The average Bonchev–Trinajstić information content (AvgIpc) is 3.11. The highest BCUT2D eigenvalue weighted by atomic mass is 16.5. The number of methoxy groups -OCH3 is 3. The second-order valence-corrected chi connectivity index (χ2v) is 8.15. The molecule has 0 unspecified atom stereocenters. The van der Waals surface area contributed by atoms with Crippen molar-refractivity contribution < 1.29 is 28.8 Å². The molecule has 7 heteroatoms. The summed E-state index contributed by atoms with van der Waals surface area (Å²) < 4.78 is 22.2. The van der Waals surface area contributed by atoms with Crippen LogP contribution in [0.4, 0.5) is 0 Å². The van der Waals surface area contributed by atoms with E-state index in [0.29, 0.717) is 52.3 Å². The van der Waals surface area contributed by atoms with Gasteiger partial charge in [0.25, 0.3) is 0 Å². The van der Waals surface area contributed by atoms with Crippen molar-refractivity contribution in [3.8, 4) is 28.7 Å². The lowest BCUT2D eigenvalue weighted by Gasteiger charge is -2.33. The largest absolute Gasteiger partial charge is 0.507 e. The van der Waals surface area contributed by atoms with Gasteiger partial charge in [-0.1, -0.05) is 6.42 Å². The van der Waals surface area contributed by atoms with Crippen molar-refractivity contribution in [3.63, 3.8) is 0 Å². The third-order valence-electron chi connectivity index (χ3n) is 6.20. The Bertz CT molecular complexity index is 1040. The minimum Gasteiger partial charge on any atom is -0.507 e. The minimum atomic E-state index is -0.221. The van der Waals surface area contributed by atoms with Gasteiger partial charge in [0.05, 0.1) is 32.5 Å². The van der Waals surface area contributed by atoms with Gasteiger partial charge in [0.15, 0.2) is 17.3 Å². The number of aromatic hydroxyl groups is 1. The van der Waals surface area contributed by atoms with Crippen LogP contribution < -0.4 is 18.9 Å². The molecule has 2 aromatic rings. The monoisotopic (exact) mass is 439 g/mol. The van der Waals surface area contributed by atoms with Gasteiger partial charge in [-0.15, -0.1) is 0 Å². The van der Waals surface area contributed by atoms with Crippen LogP contribution >= 0.6 is 0 Å². The highest BCUT2D eigenvalue weighted by Gasteiger charge is 2.32. The predicted octanol–water partition coefficient (Wildman–Crippen LogP) is 4.41. The van der Waals surface area contributed by atoms with Crippen LogP contribution in [0.3, 0.4) is 0 Å². The number of fused-ring (bicyclic) bond motifs is 1. The van der Waals surface area contributed by atoms with Gasteiger partial charge in [0, 0.05) is 12.6 Å². The average molecular weight is 440 g/mol. The lowest BCUT2D eigenvalue weighted by Crippen LogP contribution is -2.36. The molecule has 170 valence electrons. The standard InChI is InChI=1S/C25H29NO6/c1-15-7-5-6-10-26(15)14-18-19(27)9-8-17-23(28)20(32-24(17)18)11-16-12-21(29-2)25(31-4)22(13-16)30-3/h8-9,11-13,15,27H,5-7,10,14H2,1-4H3/b20-11+/t15-/m0/s1.